The Hall–Kier alpha value is -2.08. The van der Waals surface area contributed by atoms with Gasteiger partial charge in [-0.15, -0.1) is 0 Å². The monoisotopic (exact) mass is 309 g/mol. The predicted molar refractivity (Wildman–Crippen MR) is 81.3 cm³/mol. The molecule has 0 bridgehead atoms. The first kappa shape index (κ1) is 18.0. The van der Waals surface area contributed by atoms with E-state index in [2.05, 4.69) is 5.32 Å². The Morgan fingerprint density at radius 1 is 1.18 bits per heavy atom. The van der Waals surface area contributed by atoms with Crippen molar-refractivity contribution in [3.05, 3.63) is 35.9 Å². The van der Waals surface area contributed by atoms with Crippen LogP contribution in [0.2, 0.25) is 0 Å². The van der Waals surface area contributed by atoms with E-state index in [0.717, 1.165) is 5.56 Å². The zero-order chi connectivity index (χ0) is 16.8. The van der Waals surface area contributed by atoms with Gasteiger partial charge in [0.2, 0.25) is 5.72 Å². The van der Waals surface area contributed by atoms with Crippen molar-refractivity contribution in [3.8, 4) is 0 Å². The Balaban J connectivity index is 2.81. The highest BCUT2D eigenvalue weighted by molar-refractivity contribution is 5.82. The molecule has 0 spiro atoms. The molecule has 1 aromatic rings. The van der Waals surface area contributed by atoms with E-state index in [0.29, 0.717) is 0 Å². The van der Waals surface area contributed by atoms with Gasteiger partial charge < -0.3 is 14.6 Å². The Morgan fingerprint density at radius 3 is 2.23 bits per heavy atom. The summed E-state index contributed by atoms with van der Waals surface area (Å²) in [5, 5.41) is 11.8. The number of carboxylic acid groups (broad SMARTS) is 1. The standard InChI is InChI=1S/C16H23NO5/c1-5-16(13(18)19,17-14(20)22-15(2,3)4)21-11-12-9-7-6-8-10-12/h6-10H,5,11H2,1-4H3,(H,17,20)(H,18,19)/t16-/m0/s1. The van der Waals surface area contributed by atoms with Crippen molar-refractivity contribution in [2.75, 3.05) is 0 Å². The molecule has 0 aliphatic rings. The zero-order valence-corrected chi connectivity index (χ0v) is 13.4. The summed E-state index contributed by atoms with van der Waals surface area (Å²) in [5.74, 6) is -1.27. The van der Waals surface area contributed by atoms with Crippen molar-refractivity contribution < 1.29 is 24.2 Å². The molecule has 0 aromatic heterocycles. The van der Waals surface area contributed by atoms with E-state index in [1.165, 1.54) is 0 Å². The Bertz CT molecular complexity index is 509. The van der Waals surface area contributed by atoms with Gasteiger partial charge in [-0.25, -0.2) is 9.59 Å². The molecule has 0 saturated heterocycles. The minimum absolute atomic E-state index is 0.0639. The number of nitrogens with one attached hydrogen (secondary N) is 1. The third-order valence-electron chi connectivity index (χ3n) is 2.87. The molecule has 22 heavy (non-hydrogen) atoms. The highest BCUT2D eigenvalue weighted by atomic mass is 16.6. The van der Waals surface area contributed by atoms with Crippen LogP contribution in [0.15, 0.2) is 30.3 Å². The number of hydrogen-bond acceptors (Lipinski definition) is 4. The average Bonchev–Trinajstić information content (AvgIpc) is 2.42. The molecular formula is C16H23NO5. The van der Waals surface area contributed by atoms with Crippen LogP contribution in [0.1, 0.15) is 39.7 Å². The number of rotatable bonds is 6. The van der Waals surface area contributed by atoms with Crippen molar-refractivity contribution >= 4 is 12.1 Å². The molecule has 6 heteroatoms. The van der Waals surface area contributed by atoms with Gasteiger partial charge in [0.15, 0.2) is 0 Å². The molecule has 0 aliphatic carbocycles. The SMILES string of the molecule is CC[C@](NC(=O)OC(C)(C)C)(OCc1ccccc1)C(=O)O. The molecular weight excluding hydrogens is 286 g/mol. The summed E-state index contributed by atoms with van der Waals surface area (Å²) in [4.78, 5) is 23.5. The fourth-order valence-electron chi connectivity index (χ4n) is 1.74. The van der Waals surface area contributed by atoms with Crippen molar-refractivity contribution in [2.45, 2.75) is 52.0 Å². The summed E-state index contributed by atoms with van der Waals surface area (Å²) in [6.07, 6.45) is -0.765. The van der Waals surface area contributed by atoms with E-state index in [9.17, 15) is 14.7 Å². The van der Waals surface area contributed by atoms with E-state index >= 15 is 0 Å². The van der Waals surface area contributed by atoms with Crippen LogP contribution in [0.25, 0.3) is 0 Å². The second kappa shape index (κ2) is 7.26. The zero-order valence-electron chi connectivity index (χ0n) is 13.4. The summed E-state index contributed by atoms with van der Waals surface area (Å²) in [6.45, 7) is 6.79. The van der Waals surface area contributed by atoms with Crippen LogP contribution in [0.3, 0.4) is 0 Å². The second-order valence-electron chi connectivity index (χ2n) is 5.89. The Labute approximate surface area is 130 Å². The molecule has 0 radical (unpaired) electrons. The molecule has 2 N–H and O–H groups in total. The molecule has 1 rings (SSSR count). The highest BCUT2D eigenvalue weighted by Crippen LogP contribution is 2.18. The van der Waals surface area contributed by atoms with Crippen LogP contribution >= 0.6 is 0 Å². The number of hydrogen-bond donors (Lipinski definition) is 2. The molecule has 6 nitrogen and oxygen atoms in total. The van der Waals surface area contributed by atoms with Gasteiger partial charge in [-0.05, 0) is 26.3 Å². The highest BCUT2D eigenvalue weighted by Gasteiger charge is 2.41. The van der Waals surface area contributed by atoms with Crippen LogP contribution in [0, 0.1) is 0 Å². The van der Waals surface area contributed by atoms with E-state index < -0.39 is 23.4 Å². The van der Waals surface area contributed by atoms with Crippen molar-refractivity contribution in [1.82, 2.24) is 5.32 Å². The normalized spacial score (nSPS) is 14.0. The summed E-state index contributed by atoms with van der Waals surface area (Å²) in [7, 11) is 0. The number of carboxylic acids is 1. The lowest BCUT2D eigenvalue weighted by atomic mass is 10.1. The Morgan fingerprint density at radius 2 is 1.77 bits per heavy atom. The third-order valence-corrected chi connectivity index (χ3v) is 2.87. The van der Waals surface area contributed by atoms with Gasteiger partial charge in [0.05, 0.1) is 6.61 Å². The number of aliphatic carboxylic acids is 1. The number of ether oxygens (including phenoxy) is 2. The van der Waals surface area contributed by atoms with Gasteiger partial charge in [0, 0.05) is 6.42 Å². The molecule has 1 amide bonds. The fraction of sp³-hybridized carbons (Fsp3) is 0.500. The summed E-state index contributed by atoms with van der Waals surface area (Å²) < 4.78 is 10.6. The lowest BCUT2D eigenvalue weighted by Gasteiger charge is -2.30. The Kier molecular flexibility index (Phi) is 5.93. The molecule has 0 aliphatic heterocycles. The molecule has 0 saturated carbocycles. The second-order valence-corrected chi connectivity index (χ2v) is 5.89. The van der Waals surface area contributed by atoms with Gasteiger partial charge in [-0.3, -0.25) is 5.32 Å². The lowest BCUT2D eigenvalue weighted by Crippen LogP contribution is -2.57. The first-order valence-corrected chi connectivity index (χ1v) is 7.11. The van der Waals surface area contributed by atoms with Gasteiger partial charge in [-0.1, -0.05) is 37.3 Å². The number of carbonyl (C=O) groups is 2. The molecule has 1 aromatic carbocycles. The topological polar surface area (TPSA) is 84.9 Å². The van der Waals surface area contributed by atoms with Crippen molar-refractivity contribution in [1.29, 1.82) is 0 Å². The van der Waals surface area contributed by atoms with Crippen LogP contribution in [0.4, 0.5) is 4.79 Å². The van der Waals surface area contributed by atoms with Crippen LogP contribution in [-0.4, -0.2) is 28.5 Å². The van der Waals surface area contributed by atoms with Gasteiger partial charge in [0.25, 0.3) is 0 Å². The lowest BCUT2D eigenvalue weighted by molar-refractivity contribution is -0.173. The molecule has 122 valence electrons. The fourth-order valence-corrected chi connectivity index (χ4v) is 1.74. The maximum absolute atomic E-state index is 11.9. The minimum Gasteiger partial charge on any atom is -0.478 e. The van der Waals surface area contributed by atoms with Crippen LogP contribution < -0.4 is 5.32 Å². The summed E-state index contributed by atoms with van der Waals surface area (Å²) >= 11 is 0. The smallest absolute Gasteiger partial charge is 0.410 e. The quantitative estimate of drug-likeness (QED) is 0.789. The number of carbonyl (C=O) groups excluding carboxylic acids is 1. The van der Waals surface area contributed by atoms with Crippen molar-refractivity contribution in [2.24, 2.45) is 0 Å². The summed E-state index contributed by atoms with van der Waals surface area (Å²) in [5.41, 5.74) is -1.73. The number of alkyl carbamates (subject to hydrolysis) is 1. The maximum Gasteiger partial charge on any atom is 0.410 e. The van der Waals surface area contributed by atoms with E-state index in [4.69, 9.17) is 9.47 Å². The molecule has 0 heterocycles. The van der Waals surface area contributed by atoms with Gasteiger partial charge in [-0.2, -0.15) is 0 Å². The van der Waals surface area contributed by atoms with E-state index in [1.54, 1.807) is 27.7 Å². The maximum atomic E-state index is 11.9. The minimum atomic E-state index is -1.82. The first-order chi connectivity index (χ1) is 10.2. The van der Waals surface area contributed by atoms with Crippen LogP contribution in [0.5, 0.6) is 0 Å². The molecule has 1 atom stereocenters. The molecule has 0 unspecified atom stereocenters. The van der Waals surface area contributed by atoms with Gasteiger partial charge in [0.1, 0.15) is 5.60 Å². The summed E-state index contributed by atoms with van der Waals surface area (Å²) in [6, 6.07) is 9.14. The molecule has 0 fully saturated rings. The first-order valence-electron chi connectivity index (χ1n) is 7.11. The average molecular weight is 309 g/mol. The predicted octanol–water partition coefficient (Wildman–Crippen LogP) is 2.92. The van der Waals surface area contributed by atoms with E-state index in [1.807, 2.05) is 30.3 Å². The van der Waals surface area contributed by atoms with Gasteiger partial charge >= 0.3 is 12.1 Å². The van der Waals surface area contributed by atoms with E-state index in [-0.39, 0.29) is 13.0 Å². The third kappa shape index (κ3) is 5.37. The van der Waals surface area contributed by atoms with Crippen LogP contribution in [-0.2, 0) is 20.9 Å². The van der Waals surface area contributed by atoms with Crippen molar-refractivity contribution in [3.63, 3.8) is 0 Å². The largest absolute Gasteiger partial charge is 0.478 e. The number of benzene rings is 1. The number of amides is 1.